The van der Waals surface area contributed by atoms with Gasteiger partial charge in [-0.2, -0.15) is 15.3 Å². The fraction of sp³-hybridized carbons (Fsp3) is 0.263. The Morgan fingerprint density at radius 2 is 2.04 bits per heavy atom. The minimum absolute atomic E-state index is 0.0807. The Morgan fingerprint density at radius 1 is 1.20 bits per heavy atom. The topological polar surface area (TPSA) is 72.7 Å². The quantitative estimate of drug-likeness (QED) is 0.778. The van der Waals surface area contributed by atoms with Gasteiger partial charge in [0.1, 0.15) is 0 Å². The van der Waals surface area contributed by atoms with E-state index >= 15 is 0 Å². The Morgan fingerprint density at radius 3 is 2.68 bits per heavy atom. The molecule has 128 valence electrons. The van der Waals surface area contributed by atoms with Gasteiger partial charge in [-0.3, -0.25) is 9.48 Å². The van der Waals surface area contributed by atoms with Crippen LogP contribution in [0.2, 0.25) is 0 Å². The number of nitrogens with one attached hydrogen (secondary N) is 1. The number of hydrogen-bond acceptors (Lipinski definition) is 4. The van der Waals surface area contributed by atoms with E-state index in [0.29, 0.717) is 5.56 Å². The lowest BCUT2D eigenvalue weighted by Crippen LogP contribution is -2.29. The smallest absolute Gasteiger partial charge is 0.251 e. The molecule has 6 nitrogen and oxygen atoms in total. The third-order valence-corrected chi connectivity index (χ3v) is 4.15. The van der Waals surface area contributed by atoms with Crippen molar-refractivity contribution in [3.8, 4) is 11.3 Å². The predicted octanol–water partition coefficient (Wildman–Crippen LogP) is 3.07. The van der Waals surface area contributed by atoms with Crippen molar-refractivity contribution in [2.24, 2.45) is 7.05 Å². The van der Waals surface area contributed by atoms with Crippen molar-refractivity contribution in [3.63, 3.8) is 0 Å². The molecule has 1 aromatic carbocycles. The number of hydrogen-bond donors (Lipinski definition) is 1. The molecule has 0 fully saturated rings. The first kappa shape index (κ1) is 16.8. The first-order valence-electron chi connectivity index (χ1n) is 8.28. The SMILES string of the molecule is CC[C@H](NC(=O)c1cccc(-c2ccc(C)nn2)c1)c1ccnn1C. The van der Waals surface area contributed by atoms with Gasteiger partial charge in [0.05, 0.1) is 23.1 Å². The van der Waals surface area contributed by atoms with Crippen LogP contribution in [0.5, 0.6) is 0 Å². The molecule has 0 bridgehead atoms. The lowest BCUT2D eigenvalue weighted by Gasteiger charge is -2.17. The Kier molecular flexibility index (Phi) is 4.88. The Bertz CT molecular complexity index is 870. The van der Waals surface area contributed by atoms with E-state index < -0.39 is 0 Å². The molecule has 0 aliphatic rings. The van der Waals surface area contributed by atoms with Crippen LogP contribution >= 0.6 is 0 Å². The molecule has 25 heavy (non-hydrogen) atoms. The lowest BCUT2D eigenvalue weighted by atomic mass is 10.1. The van der Waals surface area contributed by atoms with E-state index in [0.717, 1.165) is 29.1 Å². The van der Waals surface area contributed by atoms with Crippen LogP contribution in [0, 0.1) is 6.92 Å². The van der Waals surface area contributed by atoms with E-state index in [1.807, 2.05) is 57.3 Å². The van der Waals surface area contributed by atoms with Gasteiger partial charge in [0, 0.05) is 24.4 Å². The normalized spacial score (nSPS) is 12.0. The highest BCUT2D eigenvalue weighted by atomic mass is 16.1. The summed E-state index contributed by atoms with van der Waals surface area (Å²) < 4.78 is 1.78. The van der Waals surface area contributed by atoms with E-state index in [9.17, 15) is 4.79 Å². The van der Waals surface area contributed by atoms with Gasteiger partial charge in [-0.1, -0.05) is 19.1 Å². The van der Waals surface area contributed by atoms with Crippen molar-refractivity contribution in [3.05, 3.63) is 65.6 Å². The molecule has 2 heterocycles. The molecule has 3 rings (SSSR count). The lowest BCUT2D eigenvalue weighted by molar-refractivity contribution is 0.0934. The first-order chi connectivity index (χ1) is 12.1. The van der Waals surface area contributed by atoms with Gasteiger partial charge in [0.25, 0.3) is 5.91 Å². The fourth-order valence-electron chi connectivity index (χ4n) is 2.73. The van der Waals surface area contributed by atoms with Crippen molar-refractivity contribution >= 4 is 5.91 Å². The number of amides is 1. The van der Waals surface area contributed by atoms with Crippen LogP contribution in [0.25, 0.3) is 11.3 Å². The van der Waals surface area contributed by atoms with Gasteiger partial charge in [0.2, 0.25) is 0 Å². The second-order valence-electron chi connectivity index (χ2n) is 5.95. The molecule has 0 aliphatic carbocycles. The first-order valence-corrected chi connectivity index (χ1v) is 8.28. The molecule has 1 amide bonds. The molecule has 0 aliphatic heterocycles. The summed E-state index contributed by atoms with van der Waals surface area (Å²) >= 11 is 0. The third kappa shape index (κ3) is 3.74. The van der Waals surface area contributed by atoms with Crippen molar-refractivity contribution < 1.29 is 4.79 Å². The maximum atomic E-state index is 12.7. The number of benzene rings is 1. The Labute approximate surface area is 146 Å². The van der Waals surface area contributed by atoms with Crippen LogP contribution < -0.4 is 5.32 Å². The summed E-state index contributed by atoms with van der Waals surface area (Å²) in [6, 6.07) is 13.1. The second-order valence-corrected chi connectivity index (χ2v) is 5.95. The molecule has 0 spiro atoms. The van der Waals surface area contributed by atoms with Crippen molar-refractivity contribution in [2.45, 2.75) is 26.3 Å². The highest BCUT2D eigenvalue weighted by molar-refractivity contribution is 5.95. The van der Waals surface area contributed by atoms with E-state index in [4.69, 9.17) is 0 Å². The highest BCUT2D eigenvalue weighted by Crippen LogP contribution is 2.20. The van der Waals surface area contributed by atoms with Gasteiger partial charge >= 0.3 is 0 Å². The maximum Gasteiger partial charge on any atom is 0.251 e. The van der Waals surface area contributed by atoms with Crippen molar-refractivity contribution in [1.29, 1.82) is 0 Å². The highest BCUT2D eigenvalue weighted by Gasteiger charge is 2.17. The van der Waals surface area contributed by atoms with Gasteiger partial charge in [-0.25, -0.2) is 0 Å². The van der Waals surface area contributed by atoms with Gasteiger partial charge < -0.3 is 5.32 Å². The van der Waals surface area contributed by atoms with Crippen LogP contribution in [0.3, 0.4) is 0 Å². The monoisotopic (exact) mass is 335 g/mol. The summed E-state index contributed by atoms with van der Waals surface area (Å²) in [5.41, 5.74) is 4.06. The van der Waals surface area contributed by atoms with Crippen LogP contribution in [0.1, 0.15) is 41.1 Å². The minimum atomic E-state index is -0.116. The molecule has 0 saturated carbocycles. The summed E-state index contributed by atoms with van der Waals surface area (Å²) in [7, 11) is 1.88. The molecule has 0 saturated heterocycles. The maximum absolute atomic E-state index is 12.7. The van der Waals surface area contributed by atoms with Crippen molar-refractivity contribution in [2.75, 3.05) is 0 Å². The van der Waals surface area contributed by atoms with Crippen LogP contribution in [0.15, 0.2) is 48.7 Å². The van der Waals surface area contributed by atoms with Crippen LogP contribution in [-0.4, -0.2) is 25.9 Å². The van der Waals surface area contributed by atoms with E-state index in [2.05, 4.69) is 20.6 Å². The molecule has 2 aromatic heterocycles. The number of aryl methyl sites for hydroxylation is 2. The number of aromatic nitrogens is 4. The van der Waals surface area contributed by atoms with Gasteiger partial charge in [-0.15, -0.1) is 0 Å². The molecule has 3 aromatic rings. The molecule has 6 heteroatoms. The van der Waals surface area contributed by atoms with E-state index in [1.165, 1.54) is 0 Å². The van der Waals surface area contributed by atoms with Gasteiger partial charge in [0.15, 0.2) is 0 Å². The molecule has 0 unspecified atom stereocenters. The zero-order chi connectivity index (χ0) is 17.8. The molecule has 1 N–H and O–H groups in total. The number of carbonyl (C=O) groups is 1. The molecule has 1 atom stereocenters. The van der Waals surface area contributed by atoms with E-state index in [-0.39, 0.29) is 11.9 Å². The second kappa shape index (κ2) is 7.25. The molecule has 0 radical (unpaired) electrons. The largest absolute Gasteiger partial charge is 0.344 e. The predicted molar refractivity (Wildman–Crippen MR) is 95.9 cm³/mol. The standard InChI is InChI=1S/C19H21N5O/c1-4-16(18-10-11-20-24(18)3)21-19(25)15-7-5-6-14(12-15)17-9-8-13(2)22-23-17/h5-12,16H,4H2,1-3H3,(H,21,25)/t16-/m0/s1. The number of carbonyl (C=O) groups excluding carboxylic acids is 1. The zero-order valence-corrected chi connectivity index (χ0v) is 14.6. The van der Waals surface area contributed by atoms with Crippen LogP contribution in [0.4, 0.5) is 0 Å². The molecular weight excluding hydrogens is 314 g/mol. The van der Waals surface area contributed by atoms with Crippen molar-refractivity contribution in [1.82, 2.24) is 25.3 Å². The fourth-order valence-corrected chi connectivity index (χ4v) is 2.73. The van der Waals surface area contributed by atoms with Crippen LogP contribution in [-0.2, 0) is 7.05 Å². The zero-order valence-electron chi connectivity index (χ0n) is 14.6. The minimum Gasteiger partial charge on any atom is -0.344 e. The summed E-state index contributed by atoms with van der Waals surface area (Å²) in [5.74, 6) is -0.116. The number of rotatable bonds is 5. The third-order valence-electron chi connectivity index (χ3n) is 4.15. The summed E-state index contributed by atoms with van der Waals surface area (Å²) in [4.78, 5) is 12.7. The summed E-state index contributed by atoms with van der Waals surface area (Å²) in [6.45, 7) is 3.93. The Balaban J connectivity index is 1.81. The average molecular weight is 335 g/mol. The summed E-state index contributed by atoms with van der Waals surface area (Å²) in [5, 5.41) is 15.5. The Hall–Kier alpha value is -3.02. The van der Waals surface area contributed by atoms with E-state index in [1.54, 1.807) is 16.9 Å². The van der Waals surface area contributed by atoms with Gasteiger partial charge in [-0.05, 0) is 43.7 Å². The summed E-state index contributed by atoms with van der Waals surface area (Å²) in [6.07, 6.45) is 2.52. The average Bonchev–Trinajstić information content (AvgIpc) is 3.06. The molecular formula is C19H21N5O. The number of nitrogens with zero attached hydrogens (tertiary/aromatic N) is 4.